The van der Waals surface area contributed by atoms with Crippen LogP contribution in [0.5, 0.6) is 0 Å². The van der Waals surface area contributed by atoms with E-state index in [1.165, 1.54) is 5.56 Å². The van der Waals surface area contributed by atoms with Crippen molar-refractivity contribution in [2.24, 2.45) is 0 Å². The standard InChI is InChI=1S/C15H12N2O/c18-15-13-9-5-1-3-7-11(9)16-14(13)10-6-2-4-8-12(10)17-15/h1-8,13-14,16H,(H,17,18). The van der Waals surface area contributed by atoms with E-state index in [2.05, 4.69) is 16.7 Å². The molecule has 0 radical (unpaired) electrons. The van der Waals surface area contributed by atoms with E-state index in [-0.39, 0.29) is 17.9 Å². The minimum Gasteiger partial charge on any atom is -0.377 e. The fourth-order valence-electron chi connectivity index (χ4n) is 2.97. The number of carbonyl (C=O) groups is 1. The molecule has 0 aliphatic carbocycles. The van der Waals surface area contributed by atoms with E-state index < -0.39 is 0 Å². The Morgan fingerprint density at radius 2 is 1.50 bits per heavy atom. The van der Waals surface area contributed by atoms with Crippen molar-refractivity contribution in [1.29, 1.82) is 0 Å². The summed E-state index contributed by atoms with van der Waals surface area (Å²) in [5, 5.41) is 6.46. The average Bonchev–Trinajstić information content (AvgIpc) is 2.79. The molecular weight excluding hydrogens is 224 g/mol. The van der Waals surface area contributed by atoms with Crippen LogP contribution >= 0.6 is 0 Å². The molecule has 2 atom stereocenters. The summed E-state index contributed by atoms with van der Waals surface area (Å²) in [4.78, 5) is 12.3. The summed E-state index contributed by atoms with van der Waals surface area (Å²) in [6, 6.07) is 16.1. The SMILES string of the molecule is O=C1Nc2ccccc2C2Nc3ccccc3C12. The Morgan fingerprint density at radius 1 is 0.833 bits per heavy atom. The van der Waals surface area contributed by atoms with Gasteiger partial charge in [0.2, 0.25) is 5.91 Å². The molecule has 0 saturated carbocycles. The monoisotopic (exact) mass is 236 g/mol. The fourth-order valence-corrected chi connectivity index (χ4v) is 2.97. The van der Waals surface area contributed by atoms with Crippen LogP contribution in [0, 0.1) is 0 Å². The molecule has 2 heterocycles. The van der Waals surface area contributed by atoms with Crippen LogP contribution < -0.4 is 10.6 Å². The van der Waals surface area contributed by atoms with Crippen molar-refractivity contribution in [2.45, 2.75) is 12.0 Å². The van der Waals surface area contributed by atoms with Crippen molar-refractivity contribution in [1.82, 2.24) is 0 Å². The lowest BCUT2D eigenvalue weighted by Gasteiger charge is -2.28. The number of hydrogen-bond acceptors (Lipinski definition) is 2. The first-order valence-corrected chi connectivity index (χ1v) is 6.10. The van der Waals surface area contributed by atoms with Crippen LogP contribution in [0.25, 0.3) is 0 Å². The smallest absolute Gasteiger partial charge is 0.234 e. The van der Waals surface area contributed by atoms with E-state index in [1.807, 2.05) is 42.5 Å². The van der Waals surface area contributed by atoms with Crippen molar-refractivity contribution in [3.8, 4) is 0 Å². The molecule has 18 heavy (non-hydrogen) atoms. The third kappa shape index (κ3) is 1.16. The quantitative estimate of drug-likeness (QED) is 0.738. The normalized spacial score (nSPS) is 23.4. The van der Waals surface area contributed by atoms with Crippen LogP contribution in [0.3, 0.4) is 0 Å². The zero-order valence-corrected chi connectivity index (χ0v) is 9.68. The van der Waals surface area contributed by atoms with Crippen LogP contribution in [-0.2, 0) is 4.79 Å². The molecule has 0 spiro atoms. The molecule has 0 fully saturated rings. The van der Waals surface area contributed by atoms with Gasteiger partial charge in [-0.15, -0.1) is 0 Å². The van der Waals surface area contributed by atoms with E-state index in [1.54, 1.807) is 0 Å². The third-order valence-electron chi connectivity index (χ3n) is 3.78. The van der Waals surface area contributed by atoms with E-state index in [0.29, 0.717) is 0 Å². The largest absolute Gasteiger partial charge is 0.377 e. The predicted octanol–water partition coefficient (Wildman–Crippen LogP) is 2.89. The zero-order chi connectivity index (χ0) is 12.1. The number of benzene rings is 2. The molecule has 2 N–H and O–H groups in total. The highest BCUT2D eigenvalue weighted by molar-refractivity contribution is 6.02. The Labute approximate surface area is 105 Å². The predicted molar refractivity (Wildman–Crippen MR) is 70.6 cm³/mol. The summed E-state index contributed by atoms with van der Waals surface area (Å²) in [5.41, 5.74) is 4.25. The lowest BCUT2D eigenvalue weighted by atomic mass is 9.86. The second-order valence-corrected chi connectivity index (χ2v) is 4.76. The summed E-state index contributed by atoms with van der Waals surface area (Å²) >= 11 is 0. The third-order valence-corrected chi connectivity index (χ3v) is 3.78. The highest BCUT2D eigenvalue weighted by atomic mass is 16.2. The topological polar surface area (TPSA) is 41.1 Å². The molecule has 2 unspecified atom stereocenters. The zero-order valence-electron chi connectivity index (χ0n) is 9.68. The molecule has 3 heteroatoms. The summed E-state index contributed by atoms with van der Waals surface area (Å²) in [7, 11) is 0. The number of hydrogen-bond donors (Lipinski definition) is 2. The molecule has 0 aromatic heterocycles. The Balaban J connectivity index is 1.91. The lowest BCUT2D eigenvalue weighted by molar-refractivity contribution is -0.118. The molecular formula is C15H12N2O. The van der Waals surface area contributed by atoms with Crippen LogP contribution in [0.15, 0.2) is 48.5 Å². The van der Waals surface area contributed by atoms with Crippen LogP contribution in [-0.4, -0.2) is 5.91 Å². The van der Waals surface area contributed by atoms with Gasteiger partial charge in [0.1, 0.15) is 0 Å². The van der Waals surface area contributed by atoms with Gasteiger partial charge in [0.25, 0.3) is 0 Å². The molecule has 2 aromatic rings. The maximum Gasteiger partial charge on any atom is 0.234 e. The molecule has 2 aromatic carbocycles. The van der Waals surface area contributed by atoms with Gasteiger partial charge in [-0.2, -0.15) is 0 Å². The lowest BCUT2D eigenvalue weighted by Crippen LogP contribution is -2.31. The molecule has 88 valence electrons. The molecule has 0 bridgehead atoms. The van der Waals surface area contributed by atoms with Crippen molar-refractivity contribution >= 4 is 17.3 Å². The highest BCUT2D eigenvalue weighted by Gasteiger charge is 2.42. The minimum absolute atomic E-state index is 0.0624. The van der Waals surface area contributed by atoms with Gasteiger partial charge in [-0.25, -0.2) is 0 Å². The van der Waals surface area contributed by atoms with Gasteiger partial charge in [-0.05, 0) is 23.3 Å². The molecule has 3 nitrogen and oxygen atoms in total. The van der Waals surface area contributed by atoms with Gasteiger partial charge in [-0.3, -0.25) is 4.79 Å². The maximum absolute atomic E-state index is 12.3. The van der Waals surface area contributed by atoms with Gasteiger partial charge >= 0.3 is 0 Å². The van der Waals surface area contributed by atoms with E-state index in [4.69, 9.17) is 0 Å². The van der Waals surface area contributed by atoms with Crippen LogP contribution in [0.1, 0.15) is 23.1 Å². The Morgan fingerprint density at radius 3 is 2.33 bits per heavy atom. The summed E-state index contributed by atoms with van der Waals surface area (Å²) < 4.78 is 0. The average molecular weight is 236 g/mol. The molecule has 4 rings (SSSR count). The Kier molecular flexibility index (Phi) is 1.81. The Hall–Kier alpha value is -2.29. The van der Waals surface area contributed by atoms with E-state index in [0.717, 1.165) is 16.9 Å². The number of rotatable bonds is 0. The van der Waals surface area contributed by atoms with Gasteiger partial charge < -0.3 is 10.6 Å². The number of nitrogens with one attached hydrogen (secondary N) is 2. The first-order valence-electron chi connectivity index (χ1n) is 6.10. The molecule has 2 aliphatic heterocycles. The molecule has 0 saturated heterocycles. The van der Waals surface area contributed by atoms with Crippen molar-refractivity contribution in [3.05, 3.63) is 59.7 Å². The van der Waals surface area contributed by atoms with Crippen molar-refractivity contribution in [3.63, 3.8) is 0 Å². The summed E-state index contributed by atoms with van der Waals surface area (Å²) in [6.07, 6.45) is 0. The minimum atomic E-state index is -0.115. The second kappa shape index (κ2) is 3.35. The number of carbonyl (C=O) groups excluding carboxylic acids is 1. The number of para-hydroxylation sites is 2. The second-order valence-electron chi connectivity index (χ2n) is 4.76. The molecule has 1 amide bonds. The summed E-state index contributed by atoms with van der Waals surface area (Å²) in [6.45, 7) is 0. The molecule has 2 aliphatic rings. The van der Waals surface area contributed by atoms with E-state index in [9.17, 15) is 4.79 Å². The first-order chi connectivity index (χ1) is 8.84. The Bertz CT molecular complexity index is 650. The number of anilines is 2. The maximum atomic E-state index is 12.3. The van der Waals surface area contributed by atoms with Crippen molar-refractivity contribution in [2.75, 3.05) is 10.6 Å². The first kappa shape index (κ1) is 9.71. The van der Waals surface area contributed by atoms with Gasteiger partial charge in [0, 0.05) is 11.4 Å². The van der Waals surface area contributed by atoms with E-state index >= 15 is 0 Å². The highest BCUT2D eigenvalue weighted by Crippen LogP contribution is 2.48. The van der Waals surface area contributed by atoms with Crippen LogP contribution in [0.4, 0.5) is 11.4 Å². The summed E-state index contributed by atoms with van der Waals surface area (Å²) in [5.74, 6) is -0.0350. The fraction of sp³-hybridized carbons (Fsp3) is 0.133. The van der Waals surface area contributed by atoms with Crippen molar-refractivity contribution < 1.29 is 4.79 Å². The van der Waals surface area contributed by atoms with Crippen LogP contribution in [0.2, 0.25) is 0 Å². The number of amides is 1. The van der Waals surface area contributed by atoms with Gasteiger partial charge in [0.15, 0.2) is 0 Å². The number of fused-ring (bicyclic) bond motifs is 5. The van der Waals surface area contributed by atoms with Gasteiger partial charge in [-0.1, -0.05) is 36.4 Å². The van der Waals surface area contributed by atoms with Gasteiger partial charge in [0.05, 0.1) is 12.0 Å².